The fourth-order valence-electron chi connectivity index (χ4n) is 1.52. The zero-order valence-corrected chi connectivity index (χ0v) is 11.9. The van der Waals surface area contributed by atoms with E-state index in [1.807, 2.05) is 31.2 Å². The van der Waals surface area contributed by atoms with Crippen LogP contribution in [0, 0.1) is 0 Å². The number of halogens is 2. The summed E-state index contributed by atoms with van der Waals surface area (Å²) < 4.78 is 11.1. The minimum Gasteiger partial charge on any atom is -0.494 e. The molecular formula is C14H13Cl2NO2. The first-order valence-electron chi connectivity index (χ1n) is 5.84. The molecule has 5 heteroatoms. The van der Waals surface area contributed by atoms with Gasteiger partial charge in [0, 0.05) is 17.8 Å². The maximum Gasteiger partial charge on any atom is 0.130 e. The van der Waals surface area contributed by atoms with Crippen molar-refractivity contribution in [1.29, 1.82) is 0 Å². The van der Waals surface area contributed by atoms with Crippen molar-refractivity contribution in [1.82, 2.24) is 4.98 Å². The fraction of sp³-hybridized carbons (Fsp3) is 0.214. The van der Waals surface area contributed by atoms with Crippen LogP contribution in [0.1, 0.15) is 12.5 Å². The smallest absolute Gasteiger partial charge is 0.130 e. The number of aromatic nitrogens is 1. The van der Waals surface area contributed by atoms with E-state index in [4.69, 9.17) is 32.7 Å². The number of rotatable bonds is 5. The molecule has 100 valence electrons. The van der Waals surface area contributed by atoms with Crippen LogP contribution in [0.15, 0.2) is 36.5 Å². The van der Waals surface area contributed by atoms with Crippen LogP contribution in [-0.4, -0.2) is 11.6 Å². The molecule has 0 spiro atoms. The van der Waals surface area contributed by atoms with Gasteiger partial charge in [-0.1, -0.05) is 29.3 Å². The second kappa shape index (κ2) is 6.64. The Bertz CT molecular complexity index is 561. The number of hydrogen-bond donors (Lipinski definition) is 0. The SMILES string of the molecule is CCOc1cccc(OCc2cnc(Cl)cc2Cl)c1. The summed E-state index contributed by atoms with van der Waals surface area (Å²) in [6, 6.07) is 9.05. The van der Waals surface area contributed by atoms with E-state index >= 15 is 0 Å². The summed E-state index contributed by atoms with van der Waals surface area (Å²) in [4.78, 5) is 3.98. The Morgan fingerprint density at radius 3 is 2.53 bits per heavy atom. The van der Waals surface area contributed by atoms with Crippen molar-refractivity contribution in [2.45, 2.75) is 13.5 Å². The molecule has 0 aliphatic carbocycles. The van der Waals surface area contributed by atoms with Crippen LogP contribution in [0.3, 0.4) is 0 Å². The van der Waals surface area contributed by atoms with Gasteiger partial charge in [-0.3, -0.25) is 0 Å². The van der Waals surface area contributed by atoms with E-state index in [-0.39, 0.29) is 0 Å². The van der Waals surface area contributed by atoms with Gasteiger partial charge in [-0.05, 0) is 25.1 Å². The predicted octanol–water partition coefficient (Wildman–Crippen LogP) is 4.37. The fourth-order valence-corrected chi connectivity index (χ4v) is 1.94. The standard InChI is InChI=1S/C14H13Cl2NO2/c1-2-18-11-4-3-5-12(6-11)19-9-10-8-17-14(16)7-13(10)15/h3-8H,2,9H2,1H3. The summed E-state index contributed by atoms with van der Waals surface area (Å²) in [5, 5.41) is 0.910. The van der Waals surface area contributed by atoms with Crippen LogP contribution in [-0.2, 0) is 6.61 Å². The topological polar surface area (TPSA) is 31.4 Å². The van der Waals surface area contributed by atoms with Crippen LogP contribution in [0.2, 0.25) is 10.2 Å². The number of nitrogens with zero attached hydrogens (tertiary/aromatic N) is 1. The minimum atomic E-state index is 0.332. The third kappa shape index (κ3) is 4.01. The summed E-state index contributed by atoms with van der Waals surface area (Å²) >= 11 is 11.8. The first kappa shape index (κ1) is 14.0. The number of hydrogen-bond acceptors (Lipinski definition) is 3. The lowest BCUT2D eigenvalue weighted by Crippen LogP contribution is -1.98. The van der Waals surface area contributed by atoms with Crippen molar-refractivity contribution < 1.29 is 9.47 Å². The van der Waals surface area contributed by atoms with Crippen LogP contribution < -0.4 is 9.47 Å². The number of pyridine rings is 1. The number of ether oxygens (including phenoxy) is 2. The zero-order valence-electron chi connectivity index (χ0n) is 10.4. The van der Waals surface area contributed by atoms with Gasteiger partial charge in [0.25, 0.3) is 0 Å². The largest absolute Gasteiger partial charge is 0.494 e. The van der Waals surface area contributed by atoms with Gasteiger partial charge in [0.05, 0.1) is 11.6 Å². The minimum absolute atomic E-state index is 0.332. The van der Waals surface area contributed by atoms with Crippen LogP contribution in [0.5, 0.6) is 11.5 Å². The summed E-state index contributed by atoms with van der Waals surface area (Å²) in [6.07, 6.45) is 1.61. The van der Waals surface area contributed by atoms with Crippen molar-refractivity contribution in [2.75, 3.05) is 6.61 Å². The second-order valence-electron chi connectivity index (χ2n) is 3.79. The zero-order chi connectivity index (χ0) is 13.7. The highest BCUT2D eigenvalue weighted by atomic mass is 35.5. The molecule has 0 saturated heterocycles. The summed E-state index contributed by atoms with van der Waals surface area (Å²) in [5.74, 6) is 1.50. The molecule has 1 heterocycles. The van der Waals surface area contributed by atoms with Gasteiger partial charge in [-0.25, -0.2) is 4.98 Å². The first-order valence-corrected chi connectivity index (χ1v) is 6.60. The predicted molar refractivity (Wildman–Crippen MR) is 76.2 cm³/mol. The lowest BCUT2D eigenvalue weighted by Gasteiger charge is -2.09. The molecule has 0 saturated carbocycles. The van der Waals surface area contributed by atoms with E-state index in [0.717, 1.165) is 17.1 Å². The Balaban J connectivity index is 2.03. The van der Waals surface area contributed by atoms with Crippen LogP contribution in [0.25, 0.3) is 0 Å². The molecule has 0 N–H and O–H groups in total. The molecule has 0 bridgehead atoms. The molecule has 0 aliphatic heterocycles. The van der Waals surface area contributed by atoms with Gasteiger partial charge >= 0.3 is 0 Å². The van der Waals surface area contributed by atoms with Gasteiger partial charge in [-0.2, -0.15) is 0 Å². The molecular weight excluding hydrogens is 285 g/mol. The van der Waals surface area contributed by atoms with E-state index in [1.54, 1.807) is 12.3 Å². The highest BCUT2D eigenvalue weighted by molar-refractivity contribution is 6.34. The van der Waals surface area contributed by atoms with Crippen molar-refractivity contribution in [3.05, 3.63) is 52.3 Å². The monoisotopic (exact) mass is 297 g/mol. The molecule has 0 aliphatic rings. The molecule has 0 amide bonds. The molecule has 0 unspecified atom stereocenters. The Morgan fingerprint density at radius 1 is 1.11 bits per heavy atom. The second-order valence-corrected chi connectivity index (χ2v) is 4.59. The molecule has 1 aromatic heterocycles. The highest BCUT2D eigenvalue weighted by Crippen LogP contribution is 2.23. The first-order chi connectivity index (χ1) is 9.19. The van der Waals surface area contributed by atoms with E-state index < -0.39 is 0 Å². The van der Waals surface area contributed by atoms with Gasteiger partial charge < -0.3 is 9.47 Å². The molecule has 0 atom stereocenters. The van der Waals surface area contributed by atoms with E-state index in [0.29, 0.717) is 23.4 Å². The van der Waals surface area contributed by atoms with Crippen LogP contribution in [0.4, 0.5) is 0 Å². The Labute approximate surface area is 122 Å². The van der Waals surface area contributed by atoms with Gasteiger partial charge in [0.15, 0.2) is 0 Å². The third-order valence-corrected chi connectivity index (χ3v) is 2.97. The average molecular weight is 298 g/mol. The van der Waals surface area contributed by atoms with E-state index in [9.17, 15) is 0 Å². The third-order valence-electron chi connectivity index (χ3n) is 2.41. The number of benzene rings is 1. The van der Waals surface area contributed by atoms with Gasteiger partial charge in [-0.15, -0.1) is 0 Å². The average Bonchev–Trinajstić information content (AvgIpc) is 2.38. The van der Waals surface area contributed by atoms with Crippen molar-refractivity contribution >= 4 is 23.2 Å². The lowest BCUT2D eigenvalue weighted by atomic mass is 10.3. The van der Waals surface area contributed by atoms with Crippen molar-refractivity contribution in [3.8, 4) is 11.5 Å². The maximum atomic E-state index is 6.05. The van der Waals surface area contributed by atoms with Crippen LogP contribution >= 0.6 is 23.2 Å². The molecule has 1 aromatic carbocycles. The molecule has 0 fully saturated rings. The molecule has 0 radical (unpaired) electrons. The summed E-state index contributed by atoms with van der Waals surface area (Å²) in [7, 11) is 0. The van der Waals surface area contributed by atoms with E-state index in [1.165, 1.54) is 0 Å². The van der Waals surface area contributed by atoms with Crippen molar-refractivity contribution in [3.63, 3.8) is 0 Å². The molecule has 2 aromatic rings. The molecule has 2 rings (SSSR count). The summed E-state index contributed by atoms with van der Waals surface area (Å²) in [5.41, 5.74) is 0.785. The quantitative estimate of drug-likeness (QED) is 0.768. The molecule has 19 heavy (non-hydrogen) atoms. The van der Waals surface area contributed by atoms with Gasteiger partial charge in [0.2, 0.25) is 0 Å². The Morgan fingerprint density at radius 2 is 1.84 bits per heavy atom. The summed E-state index contributed by atoms with van der Waals surface area (Å²) in [6.45, 7) is 2.89. The Hall–Kier alpha value is -1.45. The maximum absolute atomic E-state index is 6.05. The molecule has 3 nitrogen and oxygen atoms in total. The van der Waals surface area contributed by atoms with Gasteiger partial charge in [0.1, 0.15) is 23.3 Å². The Kier molecular flexibility index (Phi) is 4.88. The van der Waals surface area contributed by atoms with Crippen molar-refractivity contribution in [2.24, 2.45) is 0 Å². The highest BCUT2D eigenvalue weighted by Gasteiger charge is 2.04. The lowest BCUT2D eigenvalue weighted by molar-refractivity contribution is 0.299. The normalized spacial score (nSPS) is 10.3. The van der Waals surface area contributed by atoms with E-state index in [2.05, 4.69) is 4.98 Å².